The number of carbonyl (C=O) groups excluding carboxylic acids is 1. The minimum absolute atomic E-state index is 0.0146. The number of benzene rings is 2. The highest BCUT2D eigenvalue weighted by atomic mass is 32.2. The van der Waals surface area contributed by atoms with Gasteiger partial charge >= 0.3 is 0 Å². The number of rotatable bonds is 8. The van der Waals surface area contributed by atoms with E-state index >= 15 is 0 Å². The molecule has 7 nitrogen and oxygen atoms in total. The van der Waals surface area contributed by atoms with E-state index in [4.69, 9.17) is 9.47 Å². The summed E-state index contributed by atoms with van der Waals surface area (Å²) in [6, 6.07) is 13.8. The molecule has 0 atom stereocenters. The third-order valence-corrected chi connectivity index (χ3v) is 6.78. The predicted molar refractivity (Wildman–Crippen MR) is 114 cm³/mol. The van der Waals surface area contributed by atoms with Crippen molar-refractivity contribution in [3.05, 3.63) is 54.1 Å². The van der Waals surface area contributed by atoms with E-state index in [1.165, 1.54) is 19.2 Å². The highest BCUT2D eigenvalue weighted by molar-refractivity contribution is 7.89. The van der Waals surface area contributed by atoms with Crippen molar-refractivity contribution >= 4 is 15.9 Å². The van der Waals surface area contributed by atoms with E-state index in [0.717, 1.165) is 17.7 Å². The Hall–Kier alpha value is -2.58. The predicted octanol–water partition coefficient (Wildman–Crippen LogP) is 2.61. The average molecular weight is 433 g/mol. The van der Waals surface area contributed by atoms with Gasteiger partial charge in [0, 0.05) is 19.1 Å². The van der Waals surface area contributed by atoms with Crippen molar-refractivity contribution in [2.45, 2.75) is 37.1 Å². The number of nitrogens with one attached hydrogen (secondary N) is 1. The Labute approximate surface area is 178 Å². The number of aryl methyl sites for hydroxylation is 1. The normalized spacial score (nSPS) is 15.1. The van der Waals surface area contributed by atoms with Gasteiger partial charge in [-0.1, -0.05) is 25.1 Å². The first-order valence-corrected chi connectivity index (χ1v) is 11.6. The molecule has 1 aliphatic heterocycles. The van der Waals surface area contributed by atoms with Crippen LogP contribution in [0.1, 0.15) is 25.3 Å². The van der Waals surface area contributed by atoms with E-state index in [-0.39, 0.29) is 23.5 Å². The van der Waals surface area contributed by atoms with Crippen LogP contribution in [0.2, 0.25) is 0 Å². The van der Waals surface area contributed by atoms with Gasteiger partial charge in [0.1, 0.15) is 11.5 Å². The van der Waals surface area contributed by atoms with Gasteiger partial charge in [-0.15, -0.1) is 0 Å². The lowest BCUT2D eigenvalue weighted by Crippen LogP contribution is -2.47. The van der Waals surface area contributed by atoms with Crippen LogP contribution in [0.4, 0.5) is 0 Å². The van der Waals surface area contributed by atoms with Crippen LogP contribution < -0.4 is 14.2 Å². The molecule has 3 rings (SSSR count). The fourth-order valence-corrected chi connectivity index (χ4v) is 4.76. The summed E-state index contributed by atoms with van der Waals surface area (Å²) in [5, 5.41) is 0. The van der Waals surface area contributed by atoms with Gasteiger partial charge in [0.2, 0.25) is 10.0 Å². The van der Waals surface area contributed by atoms with Gasteiger partial charge in [-0.2, -0.15) is 0 Å². The summed E-state index contributed by atoms with van der Waals surface area (Å²) < 4.78 is 38.7. The summed E-state index contributed by atoms with van der Waals surface area (Å²) >= 11 is 0. The molecule has 2 aromatic rings. The molecule has 0 unspecified atom stereocenters. The molecule has 1 aliphatic rings. The first-order valence-electron chi connectivity index (χ1n) is 10.1. The van der Waals surface area contributed by atoms with E-state index in [2.05, 4.69) is 4.72 Å². The first kappa shape index (κ1) is 22.1. The van der Waals surface area contributed by atoms with Crippen molar-refractivity contribution in [1.29, 1.82) is 0 Å². The van der Waals surface area contributed by atoms with Crippen LogP contribution in [0, 0.1) is 0 Å². The molecule has 162 valence electrons. The van der Waals surface area contributed by atoms with Gasteiger partial charge < -0.3 is 14.4 Å². The van der Waals surface area contributed by atoms with Crippen LogP contribution in [-0.4, -0.2) is 52.1 Å². The fraction of sp³-hybridized carbons (Fsp3) is 0.409. The lowest BCUT2D eigenvalue weighted by Gasteiger charge is -2.32. The summed E-state index contributed by atoms with van der Waals surface area (Å²) in [4.78, 5) is 14.4. The standard InChI is InChI=1S/C22H28N2O5S/c1-3-17-6-4-5-7-21(17)29-16-22(25)24-14-12-18(13-15-24)23-30(26,27)20-10-8-19(28-2)9-11-20/h4-11,18,23H,3,12-16H2,1-2H3. The number of sulfonamides is 1. The highest BCUT2D eigenvalue weighted by Crippen LogP contribution is 2.20. The Bertz CT molecular complexity index is 952. The molecule has 30 heavy (non-hydrogen) atoms. The molecule has 0 radical (unpaired) electrons. The number of carbonyl (C=O) groups is 1. The number of para-hydroxylation sites is 1. The Morgan fingerprint density at radius 2 is 1.77 bits per heavy atom. The number of likely N-dealkylation sites (tertiary alicyclic amines) is 1. The molecule has 0 saturated carbocycles. The van der Waals surface area contributed by atoms with E-state index in [1.807, 2.05) is 31.2 Å². The van der Waals surface area contributed by atoms with Gasteiger partial charge in [0.15, 0.2) is 6.61 Å². The summed E-state index contributed by atoms with van der Waals surface area (Å²) in [6.07, 6.45) is 1.96. The average Bonchev–Trinajstić information content (AvgIpc) is 2.78. The van der Waals surface area contributed by atoms with Gasteiger partial charge in [0.25, 0.3) is 5.91 Å². The molecule has 1 fully saturated rings. The molecule has 0 spiro atoms. The summed E-state index contributed by atoms with van der Waals surface area (Å²) in [5.74, 6) is 1.25. The SMILES string of the molecule is CCc1ccccc1OCC(=O)N1CCC(NS(=O)(=O)c2ccc(OC)cc2)CC1. The van der Waals surface area contributed by atoms with Crippen molar-refractivity contribution < 1.29 is 22.7 Å². The summed E-state index contributed by atoms with van der Waals surface area (Å²) in [6.45, 7) is 3.02. The quantitative estimate of drug-likeness (QED) is 0.693. The first-order chi connectivity index (χ1) is 14.4. The maximum Gasteiger partial charge on any atom is 0.260 e. The molecular weight excluding hydrogens is 404 g/mol. The maximum absolute atomic E-state index is 12.6. The lowest BCUT2D eigenvalue weighted by molar-refractivity contribution is -0.134. The monoisotopic (exact) mass is 432 g/mol. The molecule has 0 aliphatic carbocycles. The number of nitrogens with zero attached hydrogens (tertiary/aromatic N) is 1. The maximum atomic E-state index is 12.6. The molecule has 1 N–H and O–H groups in total. The van der Waals surface area contributed by atoms with E-state index in [1.54, 1.807) is 17.0 Å². The van der Waals surface area contributed by atoms with Crippen LogP contribution in [0.3, 0.4) is 0 Å². The number of amides is 1. The second-order valence-corrected chi connectivity index (χ2v) is 8.92. The van der Waals surface area contributed by atoms with Crippen molar-refractivity contribution in [3.63, 3.8) is 0 Å². The zero-order valence-electron chi connectivity index (χ0n) is 17.3. The van der Waals surface area contributed by atoms with Gasteiger partial charge in [-0.3, -0.25) is 4.79 Å². The molecule has 0 bridgehead atoms. The molecule has 2 aromatic carbocycles. The largest absolute Gasteiger partial charge is 0.497 e. The summed E-state index contributed by atoms with van der Waals surface area (Å²) in [5.41, 5.74) is 1.07. The van der Waals surface area contributed by atoms with Crippen LogP contribution >= 0.6 is 0 Å². The third-order valence-electron chi connectivity index (χ3n) is 5.24. The lowest BCUT2D eigenvalue weighted by atomic mass is 10.1. The Morgan fingerprint density at radius 1 is 1.10 bits per heavy atom. The number of methoxy groups -OCH3 is 1. The fourth-order valence-electron chi connectivity index (χ4n) is 3.46. The van der Waals surface area contributed by atoms with Crippen LogP contribution in [0.15, 0.2) is 53.4 Å². The molecule has 1 heterocycles. The second-order valence-electron chi connectivity index (χ2n) is 7.20. The van der Waals surface area contributed by atoms with Crippen molar-refractivity contribution in [2.75, 3.05) is 26.8 Å². The third kappa shape index (κ3) is 5.52. The van der Waals surface area contributed by atoms with Crippen molar-refractivity contribution in [2.24, 2.45) is 0 Å². The molecule has 1 saturated heterocycles. The molecule has 8 heteroatoms. The minimum atomic E-state index is -3.61. The number of ether oxygens (including phenoxy) is 2. The molecule has 1 amide bonds. The van der Waals surface area contributed by atoms with Crippen molar-refractivity contribution in [1.82, 2.24) is 9.62 Å². The van der Waals surface area contributed by atoms with Crippen LogP contribution in [0.25, 0.3) is 0 Å². The van der Waals surface area contributed by atoms with E-state index in [9.17, 15) is 13.2 Å². The van der Waals surface area contributed by atoms with E-state index in [0.29, 0.717) is 31.7 Å². The summed E-state index contributed by atoms with van der Waals surface area (Å²) in [7, 11) is -2.08. The molecule has 0 aromatic heterocycles. The van der Waals surface area contributed by atoms with E-state index < -0.39 is 10.0 Å². The van der Waals surface area contributed by atoms with Gasteiger partial charge in [-0.05, 0) is 55.2 Å². The zero-order chi connectivity index (χ0) is 21.6. The van der Waals surface area contributed by atoms with Crippen LogP contribution in [-0.2, 0) is 21.2 Å². The van der Waals surface area contributed by atoms with Gasteiger partial charge in [-0.25, -0.2) is 13.1 Å². The van der Waals surface area contributed by atoms with Gasteiger partial charge in [0.05, 0.1) is 12.0 Å². The number of piperidine rings is 1. The van der Waals surface area contributed by atoms with Crippen molar-refractivity contribution in [3.8, 4) is 11.5 Å². The molecular formula is C22H28N2O5S. The Kier molecular flexibility index (Phi) is 7.33. The number of hydrogen-bond acceptors (Lipinski definition) is 5. The topological polar surface area (TPSA) is 84.9 Å². The second kappa shape index (κ2) is 9.95. The van der Waals surface area contributed by atoms with Crippen LogP contribution in [0.5, 0.6) is 11.5 Å². The Morgan fingerprint density at radius 3 is 2.40 bits per heavy atom. The zero-order valence-corrected chi connectivity index (χ0v) is 18.2. The highest BCUT2D eigenvalue weighted by Gasteiger charge is 2.27. The Balaban J connectivity index is 1.49. The smallest absolute Gasteiger partial charge is 0.260 e. The number of hydrogen-bond donors (Lipinski definition) is 1. The minimum Gasteiger partial charge on any atom is -0.497 e.